The number of hydrogen-bond acceptors (Lipinski definition) is 4. The Labute approximate surface area is 108 Å². The lowest BCUT2D eigenvalue weighted by Crippen LogP contribution is -2.39. The van der Waals surface area contributed by atoms with Gasteiger partial charge in [-0.25, -0.2) is 8.42 Å². The number of fused-ring (bicyclic) bond motifs is 1. The molecule has 18 heavy (non-hydrogen) atoms. The van der Waals surface area contributed by atoms with Crippen LogP contribution in [0.25, 0.3) is 0 Å². The molecule has 0 aliphatic carbocycles. The predicted molar refractivity (Wildman–Crippen MR) is 67.9 cm³/mol. The molecule has 3 rings (SSSR count). The maximum absolute atomic E-state index is 12.3. The number of carbonyl (C=O) groups excluding carboxylic acids is 1. The van der Waals surface area contributed by atoms with E-state index in [-0.39, 0.29) is 23.3 Å². The molecular weight excluding hydrogens is 252 g/mol. The highest BCUT2D eigenvalue weighted by Crippen LogP contribution is 2.29. The van der Waals surface area contributed by atoms with Gasteiger partial charge in [-0.3, -0.25) is 4.79 Å². The average Bonchev–Trinajstić information content (AvgIpc) is 2.92. The molecule has 0 radical (unpaired) electrons. The van der Waals surface area contributed by atoms with Crippen LogP contribution in [0, 0.1) is 11.8 Å². The largest absolute Gasteiger partial charge is 0.338 e. The second-order valence-corrected chi connectivity index (χ2v) is 8.06. The van der Waals surface area contributed by atoms with Crippen molar-refractivity contribution in [3.05, 3.63) is 0 Å². The quantitative estimate of drug-likeness (QED) is 0.745. The molecule has 0 aromatic carbocycles. The van der Waals surface area contributed by atoms with Crippen LogP contribution < -0.4 is 5.32 Å². The molecule has 3 aliphatic rings. The summed E-state index contributed by atoms with van der Waals surface area (Å²) in [6.07, 6.45) is 2.17. The molecule has 3 heterocycles. The second-order valence-electron chi connectivity index (χ2n) is 5.83. The fraction of sp³-hybridized carbons (Fsp3) is 0.917. The van der Waals surface area contributed by atoms with Crippen LogP contribution in [0.2, 0.25) is 0 Å². The van der Waals surface area contributed by atoms with Crippen molar-refractivity contribution in [3.8, 4) is 0 Å². The van der Waals surface area contributed by atoms with Crippen LogP contribution in [0.5, 0.6) is 0 Å². The maximum Gasteiger partial charge on any atom is 0.223 e. The highest BCUT2D eigenvalue weighted by atomic mass is 32.2. The van der Waals surface area contributed by atoms with Crippen LogP contribution in [0.1, 0.15) is 19.3 Å². The molecule has 6 heteroatoms. The smallest absolute Gasteiger partial charge is 0.223 e. The van der Waals surface area contributed by atoms with E-state index < -0.39 is 9.84 Å². The molecule has 102 valence electrons. The first-order valence-electron chi connectivity index (χ1n) is 6.76. The van der Waals surface area contributed by atoms with Gasteiger partial charge >= 0.3 is 0 Å². The van der Waals surface area contributed by atoms with E-state index in [1.807, 2.05) is 4.90 Å². The number of amides is 1. The summed E-state index contributed by atoms with van der Waals surface area (Å²) in [5, 5.41) is 3.33. The Morgan fingerprint density at radius 2 is 2.11 bits per heavy atom. The van der Waals surface area contributed by atoms with Gasteiger partial charge < -0.3 is 10.2 Å². The van der Waals surface area contributed by atoms with Gasteiger partial charge in [-0.1, -0.05) is 0 Å². The van der Waals surface area contributed by atoms with Gasteiger partial charge in [-0.15, -0.1) is 0 Å². The van der Waals surface area contributed by atoms with Crippen LogP contribution in [0.15, 0.2) is 0 Å². The third kappa shape index (κ3) is 2.28. The number of likely N-dealkylation sites (tertiary alicyclic amines) is 1. The Balaban J connectivity index is 1.59. The van der Waals surface area contributed by atoms with Crippen molar-refractivity contribution in [1.29, 1.82) is 0 Å². The molecule has 1 N–H and O–H groups in total. The molecule has 0 spiro atoms. The minimum atomic E-state index is -2.87. The minimum absolute atomic E-state index is 0.0518. The van der Waals surface area contributed by atoms with E-state index in [0.29, 0.717) is 24.8 Å². The summed E-state index contributed by atoms with van der Waals surface area (Å²) in [5.74, 6) is 1.29. The van der Waals surface area contributed by atoms with E-state index in [0.717, 1.165) is 26.1 Å². The molecular formula is C12H20N2O3S. The summed E-state index contributed by atoms with van der Waals surface area (Å²) in [6, 6.07) is 0.357. The monoisotopic (exact) mass is 272 g/mol. The van der Waals surface area contributed by atoms with Crippen molar-refractivity contribution in [2.24, 2.45) is 11.8 Å². The summed E-state index contributed by atoms with van der Waals surface area (Å²) >= 11 is 0. The Morgan fingerprint density at radius 1 is 1.28 bits per heavy atom. The summed E-state index contributed by atoms with van der Waals surface area (Å²) < 4.78 is 22.8. The third-order valence-corrected chi connectivity index (χ3v) is 6.39. The lowest BCUT2D eigenvalue weighted by atomic mass is 10.0. The summed E-state index contributed by atoms with van der Waals surface area (Å²) in [5.41, 5.74) is 0. The van der Waals surface area contributed by atoms with Gasteiger partial charge in [0.25, 0.3) is 0 Å². The van der Waals surface area contributed by atoms with Crippen LogP contribution in [-0.4, -0.2) is 56.4 Å². The normalized spacial score (nSPS) is 38.0. The van der Waals surface area contributed by atoms with Crippen molar-refractivity contribution in [2.75, 3.05) is 31.1 Å². The Kier molecular flexibility index (Phi) is 3.10. The highest BCUT2D eigenvalue weighted by Gasteiger charge is 2.40. The molecule has 1 unspecified atom stereocenters. The number of sulfone groups is 1. The Morgan fingerprint density at radius 3 is 2.83 bits per heavy atom. The molecule has 0 aromatic heterocycles. The van der Waals surface area contributed by atoms with Crippen molar-refractivity contribution in [1.82, 2.24) is 10.2 Å². The summed E-state index contributed by atoms with van der Waals surface area (Å²) in [4.78, 5) is 14.2. The van der Waals surface area contributed by atoms with E-state index in [9.17, 15) is 13.2 Å². The first kappa shape index (κ1) is 12.4. The molecule has 0 saturated carbocycles. The molecule has 1 amide bonds. The van der Waals surface area contributed by atoms with Gasteiger partial charge in [-0.05, 0) is 24.7 Å². The van der Waals surface area contributed by atoms with Gasteiger partial charge in [-0.2, -0.15) is 0 Å². The zero-order valence-corrected chi connectivity index (χ0v) is 11.3. The first-order valence-corrected chi connectivity index (χ1v) is 8.58. The fourth-order valence-corrected chi connectivity index (χ4v) is 5.42. The average molecular weight is 272 g/mol. The zero-order chi connectivity index (χ0) is 12.8. The molecule has 0 bridgehead atoms. The van der Waals surface area contributed by atoms with Crippen LogP contribution in [0.4, 0.5) is 0 Å². The third-order valence-electron chi connectivity index (χ3n) is 4.56. The minimum Gasteiger partial charge on any atom is -0.338 e. The molecule has 3 aliphatic heterocycles. The number of nitrogens with one attached hydrogen (secondary N) is 1. The van der Waals surface area contributed by atoms with Gasteiger partial charge in [0.2, 0.25) is 5.91 Å². The van der Waals surface area contributed by atoms with E-state index in [1.54, 1.807) is 0 Å². The number of nitrogens with zero attached hydrogens (tertiary/aromatic N) is 1. The Hall–Kier alpha value is -0.620. The SMILES string of the molecule is O=C(CC1CCS(=O)(=O)C1)N1CC[C@@H]2CNC[C@@H]21. The topological polar surface area (TPSA) is 66.5 Å². The summed E-state index contributed by atoms with van der Waals surface area (Å²) in [6.45, 7) is 2.78. The first-order chi connectivity index (χ1) is 8.55. The lowest BCUT2D eigenvalue weighted by Gasteiger charge is -2.24. The standard InChI is InChI=1S/C12H20N2O3S/c15-12(5-9-2-4-18(16,17)8-9)14-3-1-10-6-13-7-11(10)14/h9-11,13H,1-8H2/t9?,10-,11+/m1/s1. The van der Waals surface area contributed by atoms with Crippen molar-refractivity contribution >= 4 is 15.7 Å². The van der Waals surface area contributed by atoms with E-state index in [1.165, 1.54) is 0 Å². The van der Waals surface area contributed by atoms with Gasteiger partial charge in [0.15, 0.2) is 9.84 Å². The summed E-state index contributed by atoms with van der Waals surface area (Å²) in [7, 11) is -2.87. The van der Waals surface area contributed by atoms with Crippen LogP contribution >= 0.6 is 0 Å². The lowest BCUT2D eigenvalue weighted by molar-refractivity contribution is -0.132. The number of rotatable bonds is 2. The van der Waals surface area contributed by atoms with Gasteiger partial charge in [0.1, 0.15) is 0 Å². The van der Waals surface area contributed by atoms with Crippen molar-refractivity contribution < 1.29 is 13.2 Å². The highest BCUT2D eigenvalue weighted by molar-refractivity contribution is 7.91. The molecule has 0 aromatic rings. The second kappa shape index (κ2) is 4.49. The molecule has 3 saturated heterocycles. The van der Waals surface area contributed by atoms with Crippen LogP contribution in [-0.2, 0) is 14.6 Å². The zero-order valence-electron chi connectivity index (χ0n) is 10.5. The molecule has 3 atom stereocenters. The van der Waals surface area contributed by atoms with Crippen molar-refractivity contribution in [2.45, 2.75) is 25.3 Å². The van der Waals surface area contributed by atoms with Crippen LogP contribution in [0.3, 0.4) is 0 Å². The van der Waals surface area contributed by atoms with Gasteiger partial charge in [0, 0.05) is 32.1 Å². The van der Waals surface area contributed by atoms with E-state index in [2.05, 4.69) is 5.32 Å². The van der Waals surface area contributed by atoms with E-state index >= 15 is 0 Å². The fourth-order valence-electron chi connectivity index (χ4n) is 3.56. The van der Waals surface area contributed by atoms with Gasteiger partial charge in [0.05, 0.1) is 11.5 Å². The Bertz CT molecular complexity index is 448. The molecule has 3 fully saturated rings. The van der Waals surface area contributed by atoms with E-state index in [4.69, 9.17) is 0 Å². The molecule has 5 nitrogen and oxygen atoms in total. The predicted octanol–water partition coefficient (Wildman–Crippen LogP) is -0.368. The van der Waals surface area contributed by atoms with Crippen molar-refractivity contribution in [3.63, 3.8) is 0 Å². The maximum atomic E-state index is 12.3. The number of hydrogen-bond donors (Lipinski definition) is 1. The number of carbonyl (C=O) groups is 1.